The Labute approximate surface area is 107 Å². The third kappa shape index (κ3) is 4.08. The fourth-order valence-electron chi connectivity index (χ4n) is 1.38. The number of rotatable bonds is 5. The fraction of sp³-hybridized carbons (Fsp3) is 0.385. The lowest BCUT2D eigenvalue weighted by atomic mass is 10.2. The van der Waals surface area contributed by atoms with E-state index in [4.69, 9.17) is 5.73 Å². The highest BCUT2D eigenvalue weighted by Crippen LogP contribution is 2.05. The van der Waals surface area contributed by atoms with Gasteiger partial charge in [-0.05, 0) is 37.6 Å². The van der Waals surface area contributed by atoms with E-state index in [-0.39, 0.29) is 11.8 Å². The van der Waals surface area contributed by atoms with Gasteiger partial charge in [0.25, 0.3) is 5.91 Å². The maximum absolute atomic E-state index is 11.8. The van der Waals surface area contributed by atoms with Crippen LogP contribution in [0.3, 0.4) is 0 Å². The number of nitrogens with one attached hydrogen (secondary N) is 2. The Morgan fingerprint density at radius 1 is 1.28 bits per heavy atom. The number of benzene rings is 1. The van der Waals surface area contributed by atoms with Crippen LogP contribution in [0.2, 0.25) is 0 Å². The third-order valence-electron chi connectivity index (χ3n) is 2.46. The summed E-state index contributed by atoms with van der Waals surface area (Å²) in [5.41, 5.74) is 6.62. The van der Waals surface area contributed by atoms with Crippen molar-refractivity contribution in [3.05, 3.63) is 29.8 Å². The summed E-state index contributed by atoms with van der Waals surface area (Å²) in [6.07, 6.45) is 0.865. The van der Waals surface area contributed by atoms with Crippen molar-refractivity contribution in [2.75, 3.05) is 12.3 Å². The van der Waals surface area contributed by atoms with Gasteiger partial charge in [0.2, 0.25) is 5.91 Å². The van der Waals surface area contributed by atoms with Crippen molar-refractivity contribution in [2.24, 2.45) is 0 Å². The Morgan fingerprint density at radius 2 is 1.89 bits per heavy atom. The van der Waals surface area contributed by atoms with Gasteiger partial charge in [-0.1, -0.05) is 6.92 Å². The molecule has 0 heterocycles. The van der Waals surface area contributed by atoms with Gasteiger partial charge in [-0.3, -0.25) is 9.59 Å². The maximum Gasteiger partial charge on any atom is 0.251 e. The van der Waals surface area contributed by atoms with Crippen LogP contribution in [0.25, 0.3) is 0 Å². The van der Waals surface area contributed by atoms with Crippen LogP contribution in [-0.4, -0.2) is 24.4 Å². The smallest absolute Gasteiger partial charge is 0.251 e. The van der Waals surface area contributed by atoms with Crippen molar-refractivity contribution in [1.29, 1.82) is 0 Å². The molecule has 98 valence electrons. The van der Waals surface area contributed by atoms with Crippen LogP contribution in [0, 0.1) is 0 Å². The highest BCUT2D eigenvalue weighted by molar-refractivity contribution is 5.97. The molecule has 1 rings (SSSR count). The van der Waals surface area contributed by atoms with Crippen molar-refractivity contribution in [1.82, 2.24) is 10.6 Å². The van der Waals surface area contributed by atoms with Crippen LogP contribution in [0.15, 0.2) is 24.3 Å². The van der Waals surface area contributed by atoms with E-state index < -0.39 is 6.04 Å². The molecule has 0 saturated heterocycles. The molecule has 0 aliphatic heterocycles. The Morgan fingerprint density at radius 3 is 2.44 bits per heavy atom. The zero-order valence-electron chi connectivity index (χ0n) is 10.7. The number of carbonyl (C=O) groups excluding carboxylic acids is 2. The number of anilines is 1. The van der Waals surface area contributed by atoms with Crippen LogP contribution in [0.5, 0.6) is 0 Å². The summed E-state index contributed by atoms with van der Waals surface area (Å²) in [5, 5.41) is 5.36. The molecule has 0 spiro atoms. The molecule has 0 aliphatic carbocycles. The lowest BCUT2D eigenvalue weighted by molar-refractivity contribution is -0.122. The summed E-state index contributed by atoms with van der Waals surface area (Å²) in [5.74, 6) is -0.463. The SMILES string of the molecule is CCCNC(=O)C(C)NC(=O)c1ccc(N)cc1. The first-order valence-electron chi connectivity index (χ1n) is 5.98. The van der Waals surface area contributed by atoms with E-state index in [1.807, 2.05) is 6.92 Å². The Hall–Kier alpha value is -2.04. The van der Waals surface area contributed by atoms with E-state index in [1.165, 1.54) is 0 Å². The maximum atomic E-state index is 11.8. The minimum atomic E-state index is -0.554. The third-order valence-corrected chi connectivity index (χ3v) is 2.46. The Balaban J connectivity index is 2.53. The molecule has 0 aliphatic rings. The van der Waals surface area contributed by atoms with Gasteiger partial charge in [0.15, 0.2) is 0 Å². The summed E-state index contributed by atoms with van der Waals surface area (Å²) >= 11 is 0. The Kier molecular flexibility index (Phi) is 5.17. The molecule has 1 aromatic rings. The van der Waals surface area contributed by atoms with Gasteiger partial charge in [0.1, 0.15) is 6.04 Å². The molecule has 2 amide bonds. The van der Waals surface area contributed by atoms with Crippen molar-refractivity contribution in [2.45, 2.75) is 26.3 Å². The monoisotopic (exact) mass is 249 g/mol. The molecule has 1 aromatic carbocycles. The zero-order valence-corrected chi connectivity index (χ0v) is 10.7. The number of hydrogen-bond acceptors (Lipinski definition) is 3. The van der Waals surface area contributed by atoms with E-state index in [9.17, 15) is 9.59 Å². The largest absolute Gasteiger partial charge is 0.399 e. The second kappa shape index (κ2) is 6.64. The first-order valence-corrected chi connectivity index (χ1v) is 5.98. The van der Waals surface area contributed by atoms with Gasteiger partial charge in [-0.2, -0.15) is 0 Å². The van der Waals surface area contributed by atoms with Gasteiger partial charge >= 0.3 is 0 Å². The molecule has 0 fully saturated rings. The molecule has 1 unspecified atom stereocenters. The Bertz CT molecular complexity index is 415. The average Bonchev–Trinajstić information content (AvgIpc) is 2.36. The summed E-state index contributed by atoms with van der Waals surface area (Å²) in [6.45, 7) is 4.24. The molecule has 5 nitrogen and oxygen atoms in total. The minimum Gasteiger partial charge on any atom is -0.399 e. The second-order valence-corrected chi connectivity index (χ2v) is 4.11. The van der Waals surface area contributed by atoms with Crippen molar-refractivity contribution in [3.63, 3.8) is 0 Å². The van der Waals surface area contributed by atoms with E-state index >= 15 is 0 Å². The summed E-state index contributed by atoms with van der Waals surface area (Å²) in [6, 6.07) is 6.00. The molecule has 18 heavy (non-hydrogen) atoms. The first-order chi connectivity index (χ1) is 8.54. The summed E-state index contributed by atoms with van der Waals surface area (Å²) in [4.78, 5) is 23.4. The van der Waals surface area contributed by atoms with Crippen LogP contribution in [0.4, 0.5) is 5.69 Å². The average molecular weight is 249 g/mol. The van der Waals surface area contributed by atoms with Crippen molar-refractivity contribution < 1.29 is 9.59 Å². The summed E-state index contributed by atoms with van der Waals surface area (Å²) in [7, 11) is 0. The van der Waals surface area contributed by atoms with E-state index in [0.29, 0.717) is 17.8 Å². The predicted octanol–water partition coefficient (Wildman–Crippen LogP) is 0.913. The number of nitrogens with two attached hydrogens (primary N) is 1. The van der Waals surface area contributed by atoms with Crippen molar-refractivity contribution >= 4 is 17.5 Å². The van der Waals surface area contributed by atoms with E-state index in [0.717, 1.165) is 6.42 Å². The molecular weight excluding hydrogens is 230 g/mol. The normalized spacial score (nSPS) is 11.7. The van der Waals surface area contributed by atoms with E-state index in [1.54, 1.807) is 31.2 Å². The number of nitrogen functional groups attached to an aromatic ring is 1. The van der Waals surface area contributed by atoms with Gasteiger partial charge < -0.3 is 16.4 Å². The van der Waals surface area contributed by atoms with Crippen molar-refractivity contribution in [3.8, 4) is 0 Å². The van der Waals surface area contributed by atoms with E-state index in [2.05, 4.69) is 10.6 Å². The quantitative estimate of drug-likeness (QED) is 0.678. The highest BCUT2D eigenvalue weighted by Gasteiger charge is 2.15. The topological polar surface area (TPSA) is 84.2 Å². The zero-order chi connectivity index (χ0) is 13.5. The lowest BCUT2D eigenvalue weighted by Crippen LogP contribution is -2.44. The van der Waals surface area contributed by atoms with Gasteiger partial charge in [0, 0.05) is 17.8 Å². The first kappa shape index (κ1) is 14.0. The fourth-order valence-corrected chi connectivity index (χ4v) is 1.38. The number of hydrogen-bond donors (Lipinski definition) is 3. The minimum absolute atomic E-state index is 0.180. The van der Waals surface area contributed by atoms with Gasteiger partial charge in [-0.15, -0.1) is 0 Å². The molecular formula is C13H19N3O2. The highest BCUT2D eigenvalue weighted by atomic mass is 16.2. The summed E-state index contributed by atoms with van der Waals surface area (Å²) < 4.78 is 0. The number of carbonyl (C=O) groups is 2. The molecule has 0 radical (unpaired) electrons. The molecule has 4 N–H and O–H groups in total. The molecule has 0 aromatic heterocycles. The van der Waals surface area contributed by atoms with Gasteiger partial charge in [0.05, 0.1) is 0 Å². The van der Waals surface area contributed by atoms with Crippen LogP contribution in [0.1, 0.15) is 30.6 Å². The standard InChI is InChI=1S/C13H19N3O2/c1-3-8-15-12(17)9(2)16-13(18)10-4-6-11(14)7-5-10/h4-7,9H,3,8,14H2,1-2H3,(H,15,17)(H,16,18). The number of amides is 2. The molecule has 0 saturated carbocycles. The van der Waals surface area contributed by atoms with Gasteiger partial charge in [-0.25, -0.2) is 0 Å². The molecule has 5 heteroatoms. The van der Waals surface area contributed by atoms with Crippen LogP contribution in [-0.2, 0) is 4.79 Å². The predicted molar refractivity (Wildman–Crippen MR) is 71.1 cm³/mol. The van der Waals surface area contributed by atoms with Crippen LogP contribution >= 0.6 is 0 Å². The molecule has 1 atom stereocenters. The molecule has 0 bridgehead atoms. The lowest BCUT2D eigenvalue weighted by Gasteiger charge is -2.13. The van der Waals surface area contributed by atoms with Crippen LogP contribution < -0.4 is 16.4 Å². The second-order valence-electron chi connectivity index (χ2n) is 4.11.